The number of carbonyl (C=O) groups excluding carboxylic acids is 1. The van der Waals surface area contributed by atoms with E-state index in [2.05, 4.69) is 27.0 Å². The van der Waals surface area contributed by atoms with Crippen molar-refractivity contribution in [2.75, 3.05) is 0 Å². The largest absolute Gasteiger partial charge is 0.460 e. The van der Waals surface area contributed by atoms with Crippen LogP contribution in [0.1, 0.15) is 34.6 Å². The van der Waals surface area contributed by atoms with Crippen LogP contribution in [0, 0.1) is 13.8 Å². The average molecular weight is 310 g/mol. The summed E-state index contributed by atoms with van der Waals surface area (Å²) < 4.78 is 7.45. The van der Waals surface area contributed by atoms with E-state index in [9.17, 15) is 4.79 Å². The van der Waals surface area contributed by atoms with Crippen LogP contribution >= 0.6 is 0 Å². The molecule has 0 atom stereocenters. The highest BCUT2D eigenvalue weighted by Gasteiger charge is 2.10. The summed E-state index contributed by atoms with van der Waals surface area (Å²) in [6, 6.07) is 9.09. The highest BCUT2D eigenvalue weighted by atomic mass is 16.3. The van der Waals surface area contributed by atoms with Crippen molar-refractivity contribution in [3.8, 4) is 0 Å². The molecule has 0 aliphatic rings. The average Bonchev–Trinajstić information content (AvgIpc) is 3.08. The molecule has 2 heterocycles. The molecule has 0 saturated carbocycles. The SMILES string of the molecule is CCn1c(C)nc2cc(C(=O)N/N=C/c3ccc(C)o3)ccc21. The predicted octanol–water partition coefficient (Wildman–Crippen LogP) is 3.03. The number of aromatic nitrogens is 2. The topological polar surface area (TPSA) is 72.4 Å². The van der Waals surface area contributed by atoms with E-state index >= 15 is 0 Å². The summed E-state index contributed by atoms with van der Waals surface area (Å²) in [6.45, 7) is 6.72. The molecule has 0 aliphatic heterocycles. The van der Waals surface area contributed by atoms with Gasteiger partial charge >= 0.3 is 0 Å². The maximum atomic E-state index is 12.2. The summed E-state index contributed by atoms with van der Waals surface area (Å²) in [5.41, 5.74) is 4.84. The van der Waals surface area contributed by atoms with Gasteiger partial charge in [0.05, 0.1) is 17.2 Å². The van der Waals surface area contributed by atoms with Crippen molar-refractivity contribution in [1.29, 1.82) is 0 Å². The number of hydrogen-bond acceptors (Lipinski definition) is 4. The highest BCUT2D eigenvalue weighted by molar-refractivity contribution is 5.97. The zero-order chi connectivity index (χ0) is 16.4. The number of amides is 1. The molecule has 0 saturated heterocycles. The number of nitrogens with zero attached hydrogens (tertiary/aromatic N) is 3. The van der Waals surface area contributed by atoms with Crippen molar-refractivity contribution in [2.45, 2.75) is 27.3 Å². The molecule has 0 bridgehead atoms. The third-order valence-corrected chi connectivity index (χ3v) is 3.64. The first-order valence-electron chi connectivity index (χ1n) is 7.45. The zero-order valence-corrected chi connectivity index (χ0v) is 13.3. The highest BCUT2D eigenvalue weighted by Crippen LogP contribution is 2.17. The number of benzene rings is 1. The van der Waals surface area contributed by atoms with Gasteiger partial charge in [-0.25, -0.2) is 10.4 Å². The van der Waals surface area contributed by atoms with Gasteiger partial charge in [-0.3, -0.25) is 4.79 Å². The van der Waals surface area contributed by atoms with Crippen molar-refractivity contribution in [3.63, 3.8) is 0 Å². The van der Waals surface area contributed by atoms with Crippen molar-refractivity contribution >= 4 is 23.2 Å². The number of hydrazone groups is 1. The predicted molar refractivity (Wildman–Crippen MR) is 88.6 cm³/mol. The number of carbonyl (C=O) groups is 1. The van der Waals surface area contributed by atoms with Gasteiger partial charge in [0.1, 0.15) is 17.3 Å². The van der Waals surface area contributed by atoms with Crippen LogP contribution in [0.3, 0.4) is 0 Å². The van der Waals surface area contributed by atoms with E-state index in [0.717, 1.165) is 29.2 Å². The molecule has 0 aliphatic carbocycles. The number of rotatable bonds is 4. The number of hydrogen-bond donors (Lipinski definition) is 1. The van der Waals surface area contributed by atoms with E-state index < -0.39 is 0 Å². The molecule has 118 valence electrons. The first-order valence-corrected chi connectivity index (χ1v) is 7.45. The zero-order valence-electron chi connectivity index (χ0n) is 13.3. The van der Waals surface area contributed by atoms with E-state index in [4.69, 9.17) is 4.42 Å². The number of imidazole rings is 1. The molecule has 3 aromatic rings. The monoisotopic (exact) mass is 310 g/mol. The van der Waals surface area contributed by atoms with Crippen LogP contribution in [-0.2, 0) is 6.54 Å². The standard InChI is InChI=1S/C17H18N4O2/c1-4-21-12(3)19-15-9-13(6-8-16(15)21)17(22)20-18-10-14-7-5-11(2)23-14/h5-10H,4H2,1-3H3,(H,20,22)/b18-10+. The van der Waals surface area contributed by atoms with Gasteiger partial charge in [0.15, 0.2) is 0 Å². The minimum Gasteiger partial charge on any atom is -0.460 e. The molecular weight excluding hydrogens is 292 g/mol. The Kier molecular flexibility index (Phi) is 3.97. The van der Waals surface area contributed by atoms with E-state index in [1.54, 1.807) is 18.2 Å². The lowest BCUT2D eigenvalue weighted by atomic mass is 10.2. The van der Waals surface area contributed by atoms with Crippen LogP contribution in [0.5, 0.6) is 0 Å². The van der Waals surface area contributed by atoms with Gasteiger partial charge in [-0.15, -0.1) is 0 Å². The molecule has 0 unspecified atom stereocenters. The lowest BCUT2D eigenvalue weighted by Crippen LogP contribution is -2.17. The fourth-order valence-electron chi connectivity index (χ4n) is 2.53. The van der Waals surface area contributed by atoms with Crippen LogP contribution < -0.4 is 5.43 Å². The lowest BCUT2D eigenvalue weighted by Gasteiger charge is -2.02. The summed E-state index contributed by atoms with van der Waals surface area (Å²) in [5.74, 6) is 2.04. The Labute approximate surface area is 133 Å². The quantitative estimate of drug-likeness (QED) is 0.594. The third kappa shape index (κ3) is 3.01. The molecule has 1 amide bonds. The summed E-state index contributed by atoms with van der Waals surface area (Å²) in [5, 5.41) is 3.91. The lowest BCUT2D eigenvalue weighted by molar-refractivity contribution is 0.0955. The molecular formula is C17H18N4O2. The second kappa shape index (κ2) is 6.08. The molecule has 1 aromatic carbocycles. The van der Waals surface area contributed by atoms with Crippen LogP contribution in [0.2, 0.25) is 0 Å². The van der Waals surface area contributed by atoms with Crippen molar-refractivity contribution in [2.24, 2.45) is 5.10 Å². The maximum absolute atomic E-state index is 12.2. The Balaban J connectivity index is 1.77. The van der Waals surface area contributed by atoms with Crippen LogP contribution in [0.25, 0.3) is 11.0 Å². The normalized spacial score (nSPS) is 11.4. The Hall–Kier alpha value is -2.89. The van der Waals surface area contributed by atoms with Gasteiger partial charge in [-0.2, -0.15) is 5.10 Å². The van der Waals surface area contributed by atoms with Gasteiger partial charge < -0.3 is 8.98 Å². The first-order chi connectivity index (χ1) is 11.1. The smallest absolute Gasteiger partial charge is 0.271 e. The fourth-order valence-corrected chi connectivity index (χ4v) is 2.53. The first kappa shape index (κ1) is 15.0. The van der Waals surface area contributed by atoms with Crippen LogP contribution in [-0.4, -0.2) is 21.7 Å². The number of aryl methyl sites for hydroxylation is 3. The van der Waals surface area contributed by atoms with Crippen molar-refractivity contribution in [1.82, 2.24) is 15.0 Å². The molecule has 6 nitrogen and oxygen atoms in total. The van der Waals surface area contributed by atoms with Gasteiger partial charge in [-0.1, -0.05) is 0 Å². The summed E-state index contributed by atoms with van der Waals surface area (Å²) >= 11 is 0. The van der Waals surface area contributed by atoms with E-state index in [1.807, 2.05) is 26.0 Å². The van der Waals surface area contributed by atoms with E-state index in [1.165, 1.54) is 6.21 Å². The summed E-state index contributed by atoms with van der Waals surface area (Å²) in [7, 11) is 0. The van der Waals surface area contributed by atoms with Crippen LogP contribution in [0.15, 0.2) is 39.9 Å². The molecule has 0 fully saturated rings. The maximum Gasteiger partial charge on any atom is 0.271 e. The van der Waals surface area contributed by atoms with Gasteiger partial charge in [0.2, 0.25) is 0 Å². The Bertz CT molecular complexity index is 889. The Morgan fingerprint density at radius 2 is 2.17 bits per heavy atom. The Morgan fingerprint density at radius 3 is 2.87 bits per heavy atom. The second-order valence-electron chi connectivity index (χ2n) is 5.25. The third-order valence-electron chi connectivity index (χ3n) is 3.64. The van der Waals surface area contributed by atoms with Crippen molar-refractivity contribution in [3.05, 3.63) is 53.2 Å². The molecule has 3 rings (SSSR count). The summed E-state index contributed by atoms with van der Waals surface area (Å²) in [4.78, 5) is 16.6. The Morgan fingerprint density at radius 1 is 1.35 bits per heavy atom. The fraction of sp³-hybridized carbons (Fsp3) is 0.235. The molecule has 1 N–H and O–H groups in total. The van der Waals surface area contributed by atoms with E-state index in [-0.39, 0.29) is 5.91 Å². The minimum atomic E-state index is -0.282. The summed E-state index contributed by atoms with van der Waals surface area (Å²) in [6.07, 6.45) is 1.47. The molecule has 6 heteroatoms. The number of furan rings is 1. The van der Waals surface area contributed by atoms with Gasteiger partial charge in [-0.05, 0) is 51.1 Å². The number of nitrogens with one attached hydrogen (secondary N) is 1. The molecule has 2 aromatic heterocycles. The molecule has 0 spiro atoms. The van der Waals surface area contributed by atoms with E-state index in [0.29, 0.717) is 11.3 Å². The van der Waals surface area contributed by atoms with Crippen LogP contribution in [0.4, 0.5) is 0 Å². The van der Waals surface area contributed by atoms with Gasteiger partial charge in [0.25, 0.3) is 5.91 Å². The van der Waals surface area contributed by atoms with Crippen molar-refractivity contribution < 1.29 is 9.21 Å². The van der Waals surface area contributed by atoms with Gasteiger partial charge in [0, 0.05) is 12.1 Å². The minimum absolute atomic E-state index is 0.282. The molecule has 0 radical (unpaired) electrons. The number of fused-ring (bicyclic) bond motifs is 1. The molecule has 23 heavy (non-hydrogen) atoms. The second-order valence-corrected chi connectivity index (χ2v) is 5.25.